The summed E-state index contributed by atoms with van der Waals surface area (Å²) in [6.07, 6.45) is 3.61. The van der Waals surface area contributed by atoms with Gasteiger partial charge in [-0.3, -0.25) is 4.79 Å². The Bertz CT molecular complexity index is 331. The van der Waals surface area contributed by atoms with Gasteiger partial charge < -0.3 is 10.2 Å². The highest BCUT2D eigenvalue weighted by Crippen LogP contribution is 2.21. The lowest BCUT2D eigenvalue weighted by molar-refractivity contribution is -0.131. The maximum Gasteiger partial charge on any atom is 0.245 e. The van der Waals surface area contributed by atoms with Crippen LogP contribution in [0.25, 0.3) is 0 Å². The summed E-state index contributed by atoms with van der Waals surface area (Å²) in [7, 11) is 0. The Labute approximate surface area is 93.5 Å². The number of nitrogens with one attached hydrogen (secondary N) is 1. The van der Waals surface area contributed by atoms with Gasteiger partial charge in [0.2, 0.25) is 12.1 Å². The number of carbonyl (C=O) groups is 1. The zero-order valence-electron chi connectivity index (χ0n) is 9.07. The van der Waals surface area contributed by atoms with Crippen LogP contribution >= 0.6 is 11.8 Å². The van der Waals surface area contributed by atoms with Crippen molar-refractivity contribution < 1.29 is 4.79 Å². The molecule has 0 radical (unpaired) electrons. The largest absolute Gasteiger partial charge is 0.352 e. The lowest BCUT2D eigenvalue weighted by atomic mass is 10.00. The highest BCUT2D eigenvalue weighted by atomic mass is 32.2. The summed E-state index contributed by atoms with van der Waals surface area (Å²) < 4.78 is 0. The van der Waals surface area contributed by atoms with Gasteiger partial charge in [-0.05, 0) is 20.1 Å². The Hall–Kier alpha value is -1.22. The molecule has 6 heteroatoms. The Morgan fingerprint density at radius 2 is 2.40 bits per heavy atom. The minimum absolute atomic E-state index is 0.0339. The smallest absolute Gasteiger partial charge is 0.245 e. The number of hydrogen-bond donors (Lipinski definition) is 1. The third-order valence-electron chi connectivity index (χ3n) is 2.41. The summed E-state index contributed by atoms with van der Waals surface area (Å²) in [6.45, 7) is 4.92. The van der Waals surface area contributed by atoms with Crippen LogP contribution in [0.4, 0.5) is 0 Å². The molecule has 1 amide bonds. The second-order valence-electron chi connectivity index (χ2n) is 3.67. The van der Waals surface area contributed by atoms with Gasteiger partial charge in [0.15, 0.2) is 5.17 Å². The SMILES string of the molecule is CSC(=NC#N)N1CCNC(=O)C1(C)C. The van der Waals surface area contributed by atoms with Crippen molar-refractivity contribution in [1.82, 2.24) is 10.2 Å². The fourth-order valence-corrected chi connectivity index (χ4v) is 2.17. The molecule has 82 valence electrons. The van der Waals surface area contributed by atoms with Gasteiger partial charge >= 0.3 is 0 Å². The Kier molecular flexibility index (Phi) is 3.58. The third kappa shape index (κ3) is 2.23. The number of carbonyl (C=O) groups excluding carboxylic acids is 1. The predicted octanol–water partition coefficient (Wildman–Crippen LogP) is 0.397. The molecule has 1 aliphatic heterocycles. The van der Waals surface area contributed by atoms with Crippen molar-refractivity contribution in [3.05, 3.63) is 0 Å². The van der Waals surface area contributed by atoms with E-state index < -0.39 is 5.54 Å². The first-order valence-corrected chi connectivity index (χ1v) is 5.83. The standard InChI is InChI=1S/C9H14N4OS/c1-9(2)7(14)11-4-5-13(9)8(15-3)12-6-10/h4-5H2,1-3H3,(H,11,14). The normalized spacial score (nSPS) is 20.8. The van der Waals surface area contributed by atoms with E-state index in [1.165, 1.54) is 11.8 Å². The Morgan fingerprint density at radius 3 is 2.93 bits per heavy atom. The molecule has 0 aromatic rings. The Balaban J connectivity index is 2.98. The lowest BCUT2D eigenvalue weighted by Gasteiger charge is -2.42. The molecule has 1 saturated heterocycles. The number of aliphatic imine (C=N–C) groups is 1. The zero-order chi connectivity index (χ0) is 11.5. The van der Waals surface area contributed by atoms with Gasteiger partial charge in [-0.25, -0.2) is 0 Å². The first kappa shape index (κ1) is 11.9. The molecule has 1 N–H and O–H groups in total. The third-order valence-corrected chi connectivity index (χ3v) is 3.09. The molecule has 5 nitrogen and oxygen atoms in total. The molecular weight excluding hydrogens is 212 g/mol. The lowest BCUT2D eigenvalue weighted by Crippen LogP contribution is -2.62. The summed E-state index contributed by atoms with van der Waals surface area (Å²) in [4.78, 5) is 17.2. The van der Waals surface area contributed by atoms with Crippen LogP contribution < -0.4 is 5.32 Å². The van der Waals surface area contributed by atoms with Crippen molar-refractivity contribution in [1.29, 1.82) is 5.26 Å². The number of piperazine rings is 1. The van der Waals surface area contributed by atoms with Crippen molar-refractivity contribution in [3.8, 4) is 6.19 Å². The first-order valence-electron chi connectivity index (χ1n) is 4.60. The van der Waals surface area contributed by atoms with E-state index in [1.807, 2.05) is 25.0 Å². The number of amidine groups is 1. The molecule has 0 spiro atoms. The van der Waals surface area contributed by atoms with Crippen molar-refractivity contribution >= 4 is 22.8 Å². The van der Waals surface area contributed by atoms with Gasteiger partial charge in [0.1, 0.15) is 5.54 Å². The maximum absolute atomic E-state index is 11.7. The van der Waals surface area contributed by atoms with Crippen LogP contribution in [-0.4, -0.2) is 40.9 Å². The van der Waals surface area contributed by atoms with Crippen LogP contribution in [0, 0.1) is 11.5 Å². The summed E-state index contributed by atoms with van der Waals surface area (Å²) in [5, 5.41) is 11.9. The van der Waals surface area contributed by atoms with Crippen LogP contribution in [0.5, 0.6) is 0 Å². The zero-order valence-corrected chi connectivity index (χ0v) is 9.89. The quantitative estimate of drug-likeness (QED) is 0.369. The van der Waals surface area contributed by atoms with E-state index in [0.29, 0.717) is 18.3 Å². The maximum atomic E-state index is 11.7. The summed E-state index contributed by atoms with van der Waals surface area (Å²) >= 11 is 1.38. The van der Waals surface area contributed by atoms with Crippen molar-refractivity contribution in [2.24, 2.45) is 4.99 Å². The molecule has 0 bridgehead atoms. The molecule has 0 atom stereocenters. The molecule has 0 aliphatic carbocycles. The monoisotopic (exact) mass is 226 g/mol. The van der Waals surface area contributed by atoms with Gasteiger partial charge in [0.05, 0.1) is 0 Å². The van der Waals surface area contributed by atoms with Crippen molar-refractivity contribution in [2.45, 2.75) is 19.4 Å². The molecule has 1 fully saturated rings. The van der Waals surface area contributed by atoms with E-state index in [9.17, 15) is 4.79 Å². The summed E-state index contributed by atoms with van der Waals surface area (Å²) in [6, 6.07) is 0. The number of nitrogens with zero attached hydrogens (tertiary/aromatic N) is 3. The first-order chi connectivity index (χ1) is 7.04. The molecule has 15 heavy (non-hydrogen) atoms. The van der Waals surface area contributed by atoms with Crippen LogP contribution in [0.3, 0.4) is 0 Å². The van der Waals surface area contributed by atoms with Gasteiger partial charge in [0.25, 0.3) is 0 Å². The van der Waals surface area contributed by atoms with E-state index >= 15 is 0 Å². The molecule has 1 aliphatic rings. The number of amides is 1. The van der Waals surface area contributed by atoms with Gasteiger partial charge in [-0.2, -0.15) is 5.26 Å². The minimum atomic E-state index is -0.642. The van der Waals surface area contributed by atoms with E-state index in [4.69, 9.17) is 5.26 Å². The second kappa shape index (κ2) is 4.53. The van der Waals surface area contributed by atoms with Crippen molar-refractivity contribution in [3.63, 3.8) is 0 Å². The van der Waals surface area contributed by atoms with E-state index in [2.05, 4.69) is 10.3 Å². The predicted molar refractivity (Wildman–Crippen MR) is 60.4 cm³/mol. The molecule has 0 aromatic carbocycles. The highest BCUT2D eigenvalue weighted by molar-refractivity contribution is 8.13. The summed E-state index contributed by atoms with van der Waals surface area (Å²) in [5.74, 6) is -0.0339. The van der Waals surface area contributed by atoms with E-state index in [1.54, 1.807) is 6.19 Å². The van der Waals surface area contributed by atoms with Gasteiger partial charge in [-0.1, -0.05) is 11.8 Å². The van der Waals surface area contributed by atoms with Crippen molar-refractivity contribution in [2.75, 3.05) is 19.3 Å². The molecule has 0 saturated carbocycles. The minimum Gasteiger partial charge on any atom is -0.352 e. The average Bonchev–Trinajstić information content (AvgIpc) is 2.19. The fraction of sp³-hybridized carbons (Fsp3) is 0.667. The molecule has 1 rings (SSSR count). The molecular formula is C9H14N4OS. The molecule has 0 unspecified atom stereocenters. The van der Waals surface area contributed by atoms with Crippen LogP contribution in [0.2, 0.25) is 0 Å². The highest BCUT2D eigenvalue weighted by Gasteiger charge is 2.39. The van der Waals surface area contributed by atoms with Gasteiger partial charge in [0, 0.05) is 13.1 Å². The molecule has 1 heterocycles. The summed E-state index contributed by atoms with van der Waals surface area (Å²) in [5.41, 5.74) is -0.642. The Morgan fingerprint density at radius 1 is 1.73 bits per heavy atom. The van der Waals surface area contributed by atoms with E-state index in [-0.39, 0.29) is 5.91 Å². The topological polar surface area (TPSA) is 68.5 Å². The number of hydrogen-bond acceptors (Lipinski definition) is 4. The second-order valence-corrected chi connectivity index (χ2v) is 4.44. The van der Waals surface area contributed by atoms with Crippen LogP contribution in [0.1, 0.15) is 13.8 Å². The van der Waals surface area contributed by atoms with Crippen LogP contribution in [-0.2, 0) is 4.79 Å². The number of thioether (sulfide) groups is 1. The average molecular weight is 226 g/mol. The number of nitriles is 1. The fourth-order valence-electron chi connectivity index (χ4n) is 1.49. The van der Waals surface area contributed by atoms with E-state index in [0.717, 1.165) is 0 Å². The molecule has 0 aromatic heterocycles. The van der Waals surface area contributed by atoms with Gasteiger partial charge in [-0.15, -0.1) is 4.99 Å². The number of rotatable bonds is 0. The van der Waals surface area contributed by atoms with Crippen LogP contribution in [0.15, 0.2) is 4.99 Å².